The molecule has 1 aliphatic rings. The Morgan fingerprint density at radius 3 is 2.83 bits per heavy atom. The number of rotatable bonds is 5. The Labute approximate surface area is 148 Å². The highest BCUT2D eigenvalue weighted by Gasteiger charge is 2.25. The van der Waals surface area contributed by atoms with Gasteiger partial charge in [-0.1, -0.05) is 21.5 Å². The molecular weight excluding hydrogens is 372 g/mol. The van der Waals surface area contributed by atoms with Crippen molar-refractivity contribution < 1.29 is 14.7 Å². The number of hydrogen-bond donors (Lipinski definition) is 3. The summed E-state index contributed by atoms with van der Waals surface area (Å²) >= 11 is 3.43. The average Bonchev–Trinajstić information content (AvgIpc) is 3.13. The number of carboxylic acid groups (broad SMARTS) is 1. The van der Waals surface area contributed by atoms with E-state index in [0.717, 1.165) is 51.3 Å². The number of carbonyl (C=O) groups excluding carboxylic acids is 1. The highest BCUT2D eigenvalue weighted by Crippen LogP contribution is 2.26. The summed E-state index contributed by atoms with van der Waals surface area (Å²) in [5, 5.41) is 13.1. The third-order valence-electron chi connectivity index (χ3n) is 4.52. The predicted molar refractivity (Wildman–Crippen MR) is 95.8 cm³/mol. The number of aliphatic carboxylic acids is 1. The van der Waals surface area contributed by atoms with Gasteiger partial charge < -0.3 is 15.4 Å². The van der Waals surface area contributed by atoms with Crippen LogP contribution in [-0.2, 0) is 16.0 Å². The smallest absolute Gasteiger partial charge is 0.326 e. The van der Waals surface area contributed by atoms with Crippen LogP contribution in [0.4, 0.5) is 0 Å². The number of benzene rings is 1. The van der Waals surface area contributed by atoms with Gasteiger partial charge in [0.25, 0.3) is 0 Å². The van der Waals surface area contributed by atoms with Crippen molar-refractivity contribution in [1.82, 2.24) is 10.3 Å². The van der Waals surface area contributed by atoms with Crippen LogP contribution < -0.4 is 5.32 Å². The molecule has 0 saturated carbocycles. The molecule has 0 fully saturated rings. The van der Waals surface area contributed by atoms with Crippen molar-refractivity contribution in [1.29, 1.82) is 0 Å². The summed E-state index contributed by atoms with van der Waals surface area (Å²) in [6, 6.07) is 4.86. The Hall–Kier alpha value is -2.08. The molecule has 3 rings (SSSR count). The molecular formula is C18H19BrN2O3. The van der Waals surface area contributed by atoms with Gasteiger partial charge in [-0.15, -0.1) is 0 Å². The lowest BCUT2D eigenvalue weighted by atomic mass is 10.0. The monoisotopic (exact) mass is 390 g/mol. The van der Waals surface area contributed by atoms with Crippen LogP contribution >= 0.6 is 15.9 Å². The van der Waals surface area contributed by atoms with E-state index in [4.69, 9.17) is 0 Å². The summed E-state index contributed by atoms with van der Waals surface area (Å²) in [5.41, 5.74) is 3.62. The van der Waals surface area contributed by atoms with Crippen molar-refractivity contribution in [3.8, 4) is 0 Å². The quantitative estimate of drug-likeness (QED) is 0.729. The highest BCUT2D eigenvalue weighted by atomic mass is 79.9. The summed E-state index contributed by atoms with van der Waals surface area (Å²) in [6.45, 7) is 1.94. The predicted octanol–water partition coefficient (Wildman–Crippen LogP) is 3.54. The molecule has 24 heavy (non-hydrogen) atoms. The zero-order valence-electron chi connectivity index (χ0n) is 13.4. The molecule has 0 spiro atoms. The maximum atomic E-state index is 12.4. The van der Waals surface area contributed by atoms with Crippen LogP contribution in [0, 0.1) is 0 Å². The van der Waals surface area contributed by atoms with Gasteiger partial charge in [0.15, 0.2) is 0 Å². The molecule has 0 aliphatic heterocycles. The fourth-order valence-electron chi connectivity index (χ4n) is 3.19. The van der Waals surface area contributed by atoms with Crippen LogP contribution in [0.1, 0.15) is 31.7 Å². The van der Waals surface area contributed by atoms with E-state index >= 15 is 0 Å². The maximum Gasteiger partial charge on any atom is 0.326 e. The molecule has 126 valence electrons. The standard InChI is InChI=1S/C18H19BrN2O3/c1-10-3-2-4-13(10)17(22)21-16(18(23)24)7-11-9-20-15-6-5-12(19)8-14(11)15/h5-6,8-9,16,20H,2-4,7H2,1H3,(H,21,22)(H,23,24). The van der Waals surface area contributed by atoms with Gasteiger partial charge in [-0.25, -0.2) is 4.79 Å². The minimum absolute atomic E-state index is 0.240. The number of carbonyl (C=O) groups is 2. The lowest BCUT2D eigenvalue weighted by Crippen LogP contribution is -2.42. The molecule has 1 aromatic heterocycles. The molecule has 1 unspecified atom stereocenters. The van der Waals surface area contributed by atoms with Crippen molar-refractivity contribution in [3.63, 3.8) is 0 Å². The molecule has 1 aliphatic carbocycles. The molecule has 1 atom stereocenters. The summed E-state index contributed by atoms with van der Waals surface area (Å²) in [7, 11) is 0. The first-order valence-electron chi connectivity index (χ1n) is 7.93. The zero-order valence-corrected chi connectivity index (χ0v) is 14.9. The van der Waals surface area contributed by atoms with Gasteiger partial charge in [0.05, 0.1) is 0 Å². The summed E-state index contributed by atoms with van der Waals surface area (Å²) in [5.74, 6) is -1.28. The van der Waals surface area contributed by atoms with Crippen molar-refractivity contribution in [2.45, 2.75) is 38.6 Å². The highest BCUT2D eigenvalue weighted by molar-refractivity contribution is 9.10. The number of hydrogen-bond acceptors (Lipinski definition) is 2. The van der Waals surface area contributed by atoms with Crippen LogP contribution in [0.5, 0.6) is 0 Å². The number of allylic oxidation sites excluding steroid dienone is 1. The first kappa shape index (κ1) is 16.8. The molecule has 5 nitrogen and oxygen atoms in total. The first-order chi connectivity index (χ1) is 11.5. The topological polar surface area (TPSA) is 82.2 Å². The Morgan fingerprint density at radius 1 is 1.38 bits per heavy atom. The van der Waals surface area contributed by atoms with Crippen molar-refractivity contribution >= 4 is 38.7 Å². The van der Waals surface area contributed by atoms with E-state index in [2.05, 4.69) is 26.2 Å². The number of nitrogens with one attached hydrogen (secondary N) is 2. The van der Waals surface area contributed by atoms with E-state index in [9.17, 15) is 14.7 Å². The molecule has 1 amide bonds. The van der Waals surface area contributed by atoms with E-state index in [1.807, 2.05) is 25.1 Å². The molecule has 0 radical (unpaired) electrons. The second-order valence-electron chi connectivity index (χ2n) is 6.18. The second-order valence-corrected chi connectivity index (χ2v) is 7.10. The zero-order chi connectivity index (χ0) is 17.3. The molecule has 1 aromatic carbocycles. The van der Waals surface area contributed by atoms with E-state index in [0.29, 0.717) is 0 Å². The molecule has 1 heterocycles. The Kier molecular flexibility index (Phi) is 4.76. The van der Waals surface area contributed by atoms with Gasteiger partial charge in [-0.2, -0.15) is 0 Å². The summed E-state index contributed by atoms with van der Waals surface area (Å²) in [4.78, 5) is 27.1. The van der Waals surface area contributed by atoms with Crippen molar-refractivity contribution in [3.05, 3.63) is 45.6 Å². The summed E-state index contributed by atoms with van der Waals surface area (Å²) < 4.78 is 0.929. The van der Waals surface area contributed by atoms with E-state index in [1.54, 1.807) is 6.20 Å². The molecule has 3 N–H and O–H groups in total. The molecule has 6 heteroatoms. The molecule has 2 aromatic rings. The SMILES string of the molecule is CC1=C(C(=O)NC(Cc2c[nH]c3ccc(Br)cc23)C(=O)O)CCC1. The molecule has 0 saturated heterocycles. The van der Waals surface area contributed by atoms with Crippen molar-refractivity contribution in [2.75, 3.05) is 0 Å². The van der Waals surface area contributed by atoms with Crippen LogP contribution in [0.15, 0.2) is 40.0 Å². The minimum atomic E-state index is -1.02. The fourth-order valence-corrected chi connectivity index (χ4v) is 3.55. The lowest BCUT2D eigenvalue weighted by molar-refractivity contribution is -0.141. The van der Waals surface area contributed by atoms with Gasteiger partial charge in [0, 0.05) is 33.6 Å². The van der Waals surface area contributed by atoms with Gasteiger partial charge in [-0.05, 0) is 49.9 Å². The van der Waals surface area contributed by atoms with Gasteiger partial charge in [0.2, 0.25) is 5.91 Å². The Morgan fingerprint density at radius 2 is 2.17 bits per heavy atom. The number of aromatic amines is 1. The minimum Gasteiger partial charge on any atom is -0.480 e. The first-order valence-corrected chi connectivity index (χ1v) is 8.73. The van der Waals surface area contributed by atoms with Gasteiger partial charge in [0.1, 0.15) is 6.04 Å². The van der Waals surface area contributed by atoms with Gasteiger partial charge in [-0.3, -0.25) is 4.79 Å². The fraction of sp³-hybridized carbons (Fsp3) is 0.333. The number of fused-ring (bicyclic) bond motifs is 1. The number of halogens is 1. The lowest BCUT2D eigenvalue weighted by Gasteiger charge is -2.15. The third kappa shape index (κ3) is 3.38. The van der Waals surface area contributed by atoms with E-state index in [1.165, 1.54) is 0 Å². The summed E-state index contributed by atoms with van der Waals surface area (Å²) in [6.07, 6.45) is 4.65. The average molecular weight is 391 g/mol. The van der Waals surface area contributed by atoms with Crippen LogP contribution in [0.2, 0.25) is 0 Å². The number of aromatic nitrogens is 1. The molecule has 0 bridgehead atoms. The van der Waals surface area contributed by atoms with Crippen LogP contribution in [0.25, 0.3) is 10.9 Å². The number of carboxylic acids is 1. The van der Waals surface area contributed by atoms with Crippen LogP contribution in [-0.4, -0.2) is 28.0 Å². The van der Waals surface area contributed by atoms with Gasteiger partial charge >= 0.3 is 5.97 Å². The van der Waals surface area contributed by atoms with Crippen molar-refractivity contribution in [2.24, 2.45) is 0 Å². The maximum absolute atomic E-state index is 12.4. The third-order valence-corrected chi connectivity index (χ3v) is 5.02. The van der Waals surface area contributed by atoms with E-state index < -0.39 is 12.0 Å². The normalized spacial score (nSPS) is 15.8. The number of H-pyrrole nitrogens is 1. The Balaban J connectivity index is 1.81. The number of amides is 1. The van der Waals surface area contributed by atoms with Crippen LogP contribution in [0.3, 0.4) is 0 Å². The van der Waals surface area contributed by atoms with E-state index in [-0.39, 0.29) is 12.3 Å². The Bertz CT molecular complexity index is 838. The largest absolute Gasteiger partial charge is 0.480 e. The second kappa shape index (κ2) is 6.81.